The van der Waals surface area contributed by atoms with Crippen molar-refractivity contribution in [3.8, 4) is 22.6 Å². The van der Waals surface area contributed by atoms with Crippen LogP contribution in [0.5, 0.6) is 11.5 Å². The summed E-state index contributed by atoms with van der Waals surface area (Å²) >= 11 is 0. The summed E-state index contributed by atoms with van der Waals surface area (Å²) in [6, 6.07) is 13.5. The number of nitrogen functional groups attached to an aromatic ring is 1. The molecule has 29 heavy (non-hydrogen) atoms. The standard InChI is InChI=1S/C21H20N4O3.CH4/c22-20-19-18(14-2-1-3-17(28)9-14)10-25(21(19)24-12-23-20)15(11-26)8-13-4-6-16(27)7-5-13;/h1-7,9-10,12,15,26-28H,8,11H2,(H2,22,23,24);1H4. The lowest BCUT2D eigenvalue weighted by atomic mass is 10.1. The molecule has 4 aromatic rings. The third-order valence-electron chi connectivity index (χ3n) is 4.81. The fourth-order valence-electron chi connectivity index (χ4n) is 3.43. The highest BCUT2D eigenvalue weighted by Gasteiger charge is 2.20. The largest absolute Gasteiger partial charge is 0.508 e. The van der Waals surface area contributed by atoms with Crippen LogP contribution in [0.15, 0.2) is 61.1 Å². The minimum absolute atomic E-state index is 0. The predicted octanol–water partition coefficient (Wildman–Crippen LogP) is 3.50. The van der Waals surface area contributed by atoms with Crippen molar-refractivity contribution in [2.75, 3.05) is 12.3 Å². The zero-order chi connectivity index (χ0) is 19.7. The van der Waals surface area contributed by atoms with Gasteiger partial charge in [0.25, 0.3) is 0 Å². The number of aliphatic hydroxyl groups excluding tert-OH is 1. The third-order valence-corrected chi connectivity index (χ3v) is 4.81. The van der Waals surface area contributed by atoms with Gasteiger partial charge in [-0.2, -0.15) is 0 Å². The second kappa shape index (κ2) is 8.20. The van der Waals surface area contributed by atoms with Crippen LogP contribution in [0.2, 0.25) is 0 Å². The zero-order valence-electron chi connectivity index (χ0n) is 15.0. The minimum atomic E-state index is -0.285. The molecule has 2 heterocycles. The fraction of sp³-hybridized carbons (Fsp3) is 0.182. The molecule has 2 aromatic carbocycles. The maximum absolute atomic E-state index is 10.1. The smallest absolute Gasteiger partial charge is 0.146 e. The number of nitrogens with two attached hydrogens (primary N) is 1. The maximum Gasteiger partial charge on any atom is 0.146 e. The summed E-state index contributed by atoms with van der Waals surface area (Å²) in [6.07, 6.45) is 3.82. The van der Waals surface area contributed by atoms with Crippen molar-refractivity contribution < 1.29 is 15.3 Å². The normalized spacial score (nSPS) is 11.9. The summed E-state index contributed by atoms with van der Waals surface area (Å²) in [7, 11) is 0. The number of phenols is 2. The number of hydrogen-bond donors (Lipinski definition) is 4. The van der Waals surface area contributed by atoms with Gasteiger partial charge >= 0.3 is 0 Å². The van der Waals surface area contributed by atoms with Gasteiger partial charge in [-0.05, 0) is 41.8 Å². The lowest BCUT2D eigenvalue weighted by molar-refractivity contribution is 0.230. The third kappa shape index (κ3) is 3.86. The number of phenolic OH excluding ortho intramolecular Hbond substituents is 2. The van der Waals surface area contributed by atoms with E-state index in [0.29, 0.717) is 23.3 Å². The molecule has 5 N–H and O–H groups in total. The molecule has 150 valence electrons. The average molecular weight is 392 g/mol. The van der Waals surface area contributed by atoms with Gasteiger partial charge in [-0.3, -0.25) is 0 Å². The van der Waals surface area contributed by atoms with Crippen LogP contribution in [0.25, 0.3) is 22.2 Å². The fourth-order valence-corrected chi connectivity index (χ4v) is 3.43. The summed E-state index contributed by atoms with van der Waals surface area (Å²) < 4.78 is 1.89. The van der Waals surface area contributed by atoms with Crippen LogP contribution in [0.3, 0.4) is 0 Å². The Bertz CT molecular complexity index is 1120. The Morgan fingerprint density at radius 3 is 2.45 bits per heavy atom. The second-order valence-electron chi connectivity index (χ2n) is 6.66. The lowest BCUT2D eigenvalue weighted by Gasteiger charge is -2.17. The van der Waals surface area contributed by atoms with Gasteiger partial charge in [0.05, 0.1) is 18.0 Å². The zero-order valence-corrected chi connectivity index (χ0v) is 15.0. The van der Waals surface area contributed by atoms with Crippen molar-refractivity contribution >= 4 is 16.9 Å². The molecule has 7 heteroatoms. The van der Waals surface area contributed by atoms with Gasteiger partial charge in [-0.15, -0.1) is 0 Å². The number of benzene rings is 2. The summed E-state index contributed by atoms with van der Waals surface area (Å²) in [5.41, 5.74) is 9.29. The molecule has 1 unspecified atom stereocenters. The molecule has 0 spiro atoms. The van der Waals surface area contributed by atoms with E-state index in [0.717, 1.165) is 16.7 Å². The van der Waals surface area contributed by atoms with E-state index in [-0.39, 0.29) is 31.6 Å². The monoisotopic (exact) mass is 392 g/mol. The molecule has 1 atom stereocenters. The highest BCUT2D eigenvalue weighted by Crippen LogP contribution is 2.35. The molecular formula is C22H24N4O3. The Labute approximate surface area is 168 Å². The molecule has 0 bridgehead atoms. The number of rotatable bonds is 5. The quantitative estimate of drug-likeness (QED) is 0.413. The van der Waals surface area contributed by atoms with E-state index in [1.807, 2.05) is 29.0 Å². The van der Waals surface area contributed by atoms with E-state index in [4.69, 9.17) is 5.73 Å². The van der Waals surface area contributed by atoms with Gasteiger partial charge in [0, 0.05) is 11.8 Å². The highest BCUT2D eigenvalue weighted by molar-refractivity contribution is 6.00. The molecule has 0 aliphatic carbocycles. The number of anilines is 1. The Hall–Kier alpha value is -3.58. The van der Waals surface area contributed by atoms with Crippen LogP contribution in [0.1, 0.15) is 19.0 Å². The average Bonchev–Trinajstić information content (AvgIpc) is 3.08. The van der Waals surface area contributed by atoms with E-state index in [1.165, 1.54) is 6.33 Å². The summed E-state index contributed by atoms with van der Waals surface area (Å²) in [5, 5.41) is 30.1. The van der Waals surface area contributed by atoms with Crippen LogP contribution in [-0.4, -0.2) is 36.5 Å². The first-order valence-electron chi connectivity index (χ1n) is 8.86. The highest BCUT2D eigenvalue weighted by atomic mass is 16.3. The van der Waals surface area contributed by atoms with E-state index in [9.17, 15) is 15.3 Å². The molecule has 0 fully saturated rings. The molecule has 2 aromatic heterocycles. The van der Waals surface area contributed by atoms with Gasteiger partial charge < -0.3 is 25.6 Å². The van der Waals surface area contributed by atoms with Crippen molar-refractivity contribution in [1.82, 2.24) is 14.5 Å². The van der Waals surface area contributed by atoms with Crippen LogP contribution < -0.4 is 5.73 Å². The van der Waals surface area contributed by atoms with Gasteiger partial charge in [-0.1, -0.05) is 31.7 Å². The van der Waals surface area contributed by atoms with Crippen LogP contribution in [0, 0.1) is 0 Å². The van der Waals surface area contributed by atoms with Crippen molar-refractivity contribution in [3.05, 3.63) is 66.6 Å². The molecule has 0 aliphatic rings. The molecule has 0 saturated carbocycles. The first-order chi connectivity index (χ1) is 13.6. The van der Waals surface area contributed by atoms with Crippen LogP contribution >= 0.6 is 0 Å². The number of fused-ring (bicyclic) bond motifs is 1. The Balaban J connectivity index is 0.00000240. The summed E-state index contributed by atoms with van der Waals surface area (Å²) in [6.45, 7) is -0.103. The first-order valence-corrected chi connectivity index (χ1v) is 8.86. The number of hydrogen-bond acceptors (Lipinski definition) is 6. The van der Waals surface area contributed by atoms with Crippen molar-refractivity contribution in [3.63, 3.8) is 0 Å². The molecule has 7 nitrogen and oxygen atoms in total. The van der Waals surface area contributed by atoms with Gasteiger partial charge in [0.2, 0.25) is 0 Å². The molecule has 0 radical (unpaired) electrons. The van der Waals surface area contributed by atoms with Crippen molar-refractivity contribution in [2.45, 2.75) is 19.9 Å². The summed E-state index contributed by atoms with van der Waals surface area (Å²) in [4.78, 5) is 8.50. The first kappa shape index (κ1) is 20.2. The number of aromatic hydroxyl groups is 2. The molecule has 0 aliphatic heterocycles. The van der Waals surface area contributed by atoms with E-state index in [2.05, 4.69) is 9.97 Å². The number of aromatic nitrogens is 3. The van der Waals surface area contributed by atoms with Crippen molar-refractivity contribution in [1.29, 1.82) is 0 Å². The van der Waals surface area contributed by atoms with Crippen molar-refractivity contribution in [2.24, 2.45) is 0 Å². The molecule has 0 amide bonds. The Morgan fingerprint density at radius 1 is 1.00 bits per heavy atom. The summed E-state index contributed by atoms with van der Waals surface area (Å²) in [5.74, 6) is 0.683. The van der Waals surface area contributed by atoms with Gasteiger partial charge in [0.15, 0.2) is 0 Å². The van der Waals surface area contributed by atoms with Gasteiger partial charge in [0.1, 0.15) is 29.3 Å². The van der Waals surface area contributed by atoms with E-state index in [1.54, 1.807) is 30.3 Å². The number of aliphatic hydroxyl groups is 1. The molecular weight excluding hydrogens is 368 g/mol. The SMILES string of the molecule is C.Nc1ncnc2c1c(-c1cccc(O)c1)cn2C(CO)Cc1ccc(O)cc1. The number of nitrogens with zero attached hydrogens (tertiary/aromatic N) is 3. The lowest BCUT2D eigenvalue weighted by Crippen LogP contribution is -2.15. The van der Waals surface area contributed by atoms with E-state index < -0.39 is 0 Å². The van der Waals surface area contributed by atoms with Crippen LogP contribution in [-0.2, 0) is 6.42 Å². The van der Waals surface area contributed by atoms with Crippen LogP contribution in [0.4, 0.5) is 5.82 Å². The second-order valence-corrected chi connectivity index (χ2v) is 6.66. The molecule has 0 saturated heterocycles. The topological polar surface area (TPSA) is 117 Å². The van der Waals surface area contributed by atoms with Gasteiger partial charge in [-0.25, -0.2) is 9.97 Å². The van der Waals surface area contributed by atoms with E-state index >= 15 is 0 Å². The Morgan fingerprint density at radius 2 is 1.76 bits per heavy atom. The minimum Gasteiger partial charge on any atom is -0.508 e. The maximum atomic E-state index is 10.1. The predicted molar refractivity (Wildman–Crippen MR) is 114 cm³/mol. The molecule has 4 rings (SSSR count). The Kier molecular flexibility index (Phi) is 5.70.